The number of hydrogen-bond acceptors (Lipinski definition) is 12. The van der Waals surface area contributed by atoms with Gasteiger partial charge in [0.25, 0.3) is 0 Å². The van der Waals surface area contributed by atoms with E-state index in [-0.39, 0.29) is 12.6 Å². The Morgan fingerprint density at radius 1 is 0.447 bits per heavy atom. The van der Waals surface area contributed by atoms with Crippen molar-refractivity contribution in [3.63, 3.8) is 0 Å². The summed E-state index contributed by atoms with van der Waals surface area (Å²) in [5, 5.41) is 26.7. The Kier molecular flexibility index (Phi) is 8.14. The molecule has 6 aliphatic rings. The van der Waals surface area contributed by atoms with E-state index in [0.717, 1.165) is 38.5 Å². The van der Waals surface area contributed by atoms with Crippen molar-refractivity contribution in [1.29, 1.82) is 0 Å². The molecule has 3 fully saturated rings. The average molecular weight is 524 g/mol. The molecule has 0 aromatic carbocycles. The molecule has 3 saturated carbocycles. The maximum atomic E-state index is 6.04. The van der Waals surface area contributed by atoms with Crippen LogP contribution in [0.3, 0.4) is 0 Å². The van der Waals surface area contributed by atoms with Crippen LogP contribution in [0.2, 0.25) is 12.6 Å². The summed E-state index contributed by atoms with van der Waals surface area (Å²) in [7, 11) is 0. The van der Waals surface area contributed by atoms with Gasteiger partial charge in [0, 0.05) is 0 Å². The fourth-order valence-electron chi connectivity index (χ4n) is 4.86. The topological polar surface area (TPSA) is 130 Å². The van der Waals surface area contributed by atoms with E-state index < -0.39 is 13.5 Å². The number of oxime groups is 6. The molecule has 38 heavy (non-hydrogen) atoms. The second kappa shape index (κ2) is 11.9. The number of hydrogen-bond donors (Lipinski definition) is 0. The third-order valence-electron chi connectivity index (χ3n) is 7.08. The van der Waals surface area contributed by atoms with Gasteiger partial charge in [-0.05, 0) is 89.7 Å². The quantitative estimate of drug-likeness (QED) is 0.366. The first-order chi connectivity index (χ1) is 18.6. The number of nitrogens with zero attached hydrogens (tertiary/aromatic N) is 6. The summed E-state index contributed by atoms with van der Waals surface area (Å²) in [5.74, 6) is 0. The summed E-state index contributed by atoms with van der Waals surface area (Å²) >= 11 is 0. The Balaban J connectivity index is 1.69. The van der Waals surface area contributed by atoms with Crippen LogP contribution in [0, 0.1) is 0 Å². The van der Waals surface area contributed by atoms with Gasteiger partial charge in [-0.1, -0.05) is 0 Å². The lowest BCUT2D eigenvalue weighted by atomic mass is 9.75. The van der Waals surface area contributed by atoms with Gasteiger partial charge in [-0.2, -0.15) is 0 Å². The number of allylic oxidation sites excluding steroid dienone is 2. The minimum Gasteiger partial charge on any atom is -0.540 e. The molecule has 0 unspecified atom stereocenters. The smallest absolute Gasteiger partial charge is 0.540 e. The van der Waals surface area contributed by atoms with Crippen LogP contribution in [0.4, 0.5) is 0 Å². The third-order valence-corrected chi connectivity index (χ3v) is 7.08. The predicted molar refractivity (Wildman–Crippen MR) is 148 cm³/mol. The molecule has 3 aliphatic heterocycles. The van der Waals surface area contributed by atoms with Crippen molar-refractivity contribution in [1.82, 2.24) is 0 Å². The summed E-state index contributed by atoms with van der Waals surface area (Å²) in [6.45, 7) is 2.47. The molecular weight excluding hydrogens is 490 g/mol. The molecule has 0 spiro atoms. The summed E-state index contributed by atoms with van der Waals surface area (Å²) < 4.78 is 36.2. The van der Waals surface area contributed by atoms with Gasteiger partial charge in [-0.3, -0.25) is 0 Å². The maximum Gasteiger partial charge on any atom is 0.612 e. The van der Waals surface area contributed by atoms with Crippen LogP contribution in [0.25, 0.3) is 0 Å². The van der Waals surface area contributed by atoms with Gasteiger partial charge in [-0.25, -0.2) is 0 Å². The van der Waals surface area contributed by atoms with E-state index in [1.165, 1.54) is 0 Å². The first-order valence-corrected chi connectivity index (χ1v) is 13.7. The van der Waals surface area contributed by atoms with Crippen molar-refractivity contribution in [3.05, 3.63) is 25.3 Å². The molecule has 0 radical (unpaired) electrons. The Labute approximate surface area is 222 Å². The summed E-state index contributed by atoms with van der Waals surface area (Å²) in [4.78, 5) is 0. The van der Waals surface area contributed by atoms with E-state index in [0.29, 0.717) is 72.8 Å². The number of rotatable bonds is 4. The van der Waals surface area contributed by atoms with Gasteiger partial charge < -0.3 is 28.5 Å². The average Bonchev–Trinajstić information content (AvgIpc) is 2.95. The van der Waals surface area contributed by atoms with E-state index in [4.69, 9.17) is 28.5 Å². The zero-order chi connectivity index (χ0) is 26.3. The molecule has 12 nitrogen and oxygen atoms in total. The standard InChI is InChI=1S/C24H34B2N6O6/c1-3-17-25-33-27-19-11-5-8-14-22(19)30-36-26(18-4-2,37-31-23-15-9-6-12-20(23)28-34-25)38-32-24-16-10-7-13-21(24)29-35-25/h3-4H,1-2,5-18H2/q-2/b27-19+,28-20+,29-21?,30-22+,31-23+,32-24?. The van der Waals surface area contributed by atoms with Crippen molar-refractivity contribution in [2.45, 2.75) is 89.7 Å². The van der Waals surface area contributed by atoms with Crippen molar-refractivity contribution in [2.24, 2.45) is 30.9 Å². The minimum absolute atomic E-state index is 0.158. The van der Waals surface area contributed by atoms with Crippen molar-refractivity contribution < 1.29 is 28.5 Å². The van der Waals surface area contributed by atoms with Gasteiger partial charge >= 0.3 is 13.5 Å². The highest BCUT2D eigenvalue weighted by molar-refractivity contribution is 6.62. The molecule has 3 aliphatic carbocycles. The molecule has 204 valence electrons. The molecule has 0 saturated heterocycles. The Hall–Kier alpha value is -3.57. The summed E-state index contributed by atoms with van der Waals surface area (Å²) in [6.07, 6.45) is 13.0. The Morgan fingerprint density at radius 3 is 0.842 bits per heavy atom. The monoisotopic (exact) mass is 524 g/mol. The van der Waals surface area contributed by atoms with E-state index in [1.54, 1.807) is 12.2 Å². The highest BCUT2D eigenvalue weighted by Gasteiger charge is 2.41. The molecule has 0 aromatic heterocycles. The lowest BCUT2D eigenvalue weighted by molar-refractivity contribution is 0.0642. The molecule has 0 aromatic rings. The largest absolute Gasteiger partial charge is 0.612 e. The van der Waals surface area contributed by atoms with Gasteiger partial charge in [-0.15, -0.1) is 56.2 Å². The second-order valence-corrected chi connectivity index (χ2v) is 10.1. The fourth-order valence-corrected chi connectivity index (χ4v) is 4.86. The molecule has 3 heterocycles. The Bertz CT molecular complexity index is 912. The van der Waals surface area contributed by atoms with Crippen molar-refractivity contribution >= 4 is 47.8 Å². The SMILES string of the molecule is C=CC[B-]12ON=C3CCCCC3=NO[B-](CC=C)(O/N=C3\CCCC\C3=N/O1)O/N=C1\CCCC\C1=N/O2. The van der Waals surface area contributed by atoms with Crippen LogP contribution in [0.5, 0.6) is 0 Å². The van der Waals surface area contributed by atoms with Crippen molar-refractivity contribution in [3.8, 4) is 0 Å². The molecular formula is C24H34B2N6O6-2. The molecule has 0 amide bonds. The van der Waals surface area contributed by atoms with Crippen LogP contribution in [-0.4, -0.2) is 47.8 Å². The van der Waals surface area contributed by atoms with Crippen LogP contribution >= 0.6 is 0 Å². The fraction of sp³-hybridized carbons (Fsp3) is 0.583. The highest BCUT2D eigenvalue weighted by atomic mass is 16.9. The highest BCUT2D eigenvalue weighted by Crippen LogP contribution is 2.27. The van der Waals surface area contributed by atoms with E-state index in [1.807, 2.05) is 0 Å². The van der Waals surface area contributed by atoms with Gasteiger partial charge in [0.05, 0.1) is 34.3 Å². The molecule has 0 N–H and O–H groups in total. The lowest BCUT2D eigenvalue weighted by Gasteiger charge is -2.37. The Morgan fingerprint density at radius 2 is 0.658 bits per heavy atom. The molecule has 14 heteroatoms. The molecule has 2 bridgehead atoms. The zero-order valence-corrected chi connectivity index (χ0v) is 21.8. The van der Waals surface area contributed by atoms with Gasteiger partial charge in [0.15, 0.2) is 0 Å². The van der Waals surface area contributed by atoms with Crippen LogP contribution in [0.1, 0.15) is 77.0 Å². The van der Waals surface area contributed by atoms with Crippen LogP contribution < -0.4 is 0 Å². The second-order valence-electron chi connectivity index (χ2n) is 10.1. The predicted octanol–water partition coefficient (Wildman–Crippen LogP) is 5.22. The summed E-state index contributed by atoms with van der Waals surface area (Å²) in [6, 6.07) is 0. The van der Waals surface area contributed by atoms with E-state index in [2.05, 4.69) is 44.1 Å². The minimum atomic E-state index is -2.63. The van der Waals surface area contributed by atoms with E-state index in [9.17, 15) is 0 Å². The number of fused-ring (bicyclic) bond motifs is 6. The molecule has 0 atom stereocenters. The van der Waals surface area contributed by atoms with Crippen LogP contribution in [0.15, 0.2) is 56.2 Å². The summed E-state index contributed by atoms with van der Waals surface area (Å²) in [5.41, 5.74) is 3.67. The van der Waals surface area contributed by atoms with E-state index >= 15 is 0 Å². The van der Waals surface area contributed by atoms with Crippen LogP contribution in [-0.2, 0) is 28.5 Å². The first-order valence-electron chi connectivity index (χ1n) is 13.7. The van der Waals surface area contributed by atoms with Crippen molar-refractivity contribution in [2.75, 3.05) is 0 Å². The zero-order valence-electron chi connectivity index (χ0n) is 21.8. The third kappa shape index (κ3) is 5.94. The lowest BCUT2D eigenvalue weighted by Crippen LogP contribution is -2.45. The molecule has 6 rings (SSSR count). The van der Waals surface area contributed by atoms with Gasteiger partial charge in [0.1, 0.15) is 0 Å². The first kappa shape index (κ1) is 26.1. The maximum absolute atomic E-state index is 6.04. The normalized spacial score (nSPS) is 35.1. The van der Waals surface area contributed by atoms with Gasteiger partial charge in [0.2, 0.25) is 0 Å².